The highest BCUT2D eigenvalue weighted by Gasteiger charge is 2.24. The second kappa shape index (κ2) is 6.51. The van der Waals surface area contributed by atoms with Gasteiger partial charge in [0.2, 0.25) is 5.95 Å². The van der Waals surface area contributed by atoms with Crippen LogP contribution in [0, 0.1) is 5.82 Å². The zero-order valence-electron chi connectivity index (χ0n) is 13.5. The van der Waals surface area contributed by atoms with Crippen LogP contribution in [0.2, 0.25) is 0 Å². The SMILES string of the molecule is O=C(NC1CCCN(c2ncccn2)C1)c1cc2cc(F)ccc2o1. The molecule has 1 aliphatic rings. The number of fused-ring (bicyclic) bond motifs is 1. The number of rotatable bonds is 3. The Morgan fingerprint density at radius 3 is 2.96 bits per heavy atom. The third-order valence-electron chi connectivity index (χ3n) is 4.29. The van der Waals surface area contributed by atoms with Crippen LogP contribution < -0.4 is 10.2 Å². The van der Waals surface area contributed by atoms with Crippen LogP contribution in [0.5, 0.6) is 0 Å². The summed E-state index contributed by atoms with van der Waals surface area (Å²) in [5, 5.41) is 3.56. The van der Waals surface area contributed by atoms with Crippen molar-refractivity contribution in [1.29, 1.82) is 0 Å². The molecule has 0 bridgehead atoms. The smallest absolute Gasteiger partial charge is 0.287 e. The average molecular weight is 340 g/mol. The van der Waals surface area contributed by atoms with Crippen LogP contribution in [0.1, 0.15) is 23.4 Å². The summed E-state index contributed by atoms with van der Waals surface area (Å²) in [6, 6.07) is 7.51. The van der Waals surface area contributed by atoms with Gasteiger partial charge >= 0.3 is 0 Å². The average Bonchev–Trinajstić information content (AvgIpc) is 3.06. The van der Waals surface area contributed by atoms with Gasteiger partial charge in [0.15, 0.2) is 5.76 Å². The highest BCUT2D eigenvalue weighted by Crippen LogP contribution is 2.21. The molecular formula is C18H17FN4O2. The van der Waals surface area contributed by atoms with E-state index in [0.29, 0.717) is 23.5 Å². The summed E-state index contributed by atoms with van der Waals surface area (Å²) in [6.07, 6.45) is 5.23. The third-order valence-corrected chi connectivity index (χ3v) is 4.29. The molecule has 7 heteroatoms. The van der Waals surface area contributed by atoms with Crippen molar-refractivity contribution in [3.8, 4) is 0 Å². The minimum Gasteiger partial charge on any atom is -0.451 e. The van der Waals surface area contributed by atoms with Crippen molar-refractivity contribution < 1.29 is 13.6 Å². The van der Waals surface area contributed by atoms with E-state index in [1.54, 1.807) is 24.5 Å². The molecule has 6 nitrogen and oxygen atoms in total. The summed E-state index contributed by atoms with van der Waals surface area (Å²) < 4.78 is 18.8. The number of furan rings is 1. The molecule has 25 heavy (non-hydrogen) atoms. The standard InChI is InChI=1S/C18H17FN4O2/c19-13-4-5-15-12(9-13)10-16(25-15)17(24)22-14-3-1-8-23(11-14)18-20-6-2-7-21-18/h2,4-7,9-10,14H,1,3,8,11H2,(H,22,24). The fourth-order valence-corrected chi connectivity index (χ4v) is 3.11. The number of anilines is 1. The second-order valence-electron chi connectivity index (χ2n) is 6.10. The van der Waals surface area contributed by atoms with E-state index in [1.165, 1.54) is 18.2 Å². The van der Waals surface area contributed by atoms with E-state index in [4.69, 9.17) is 4.42 Å². The highest BCUT2D eigenvalue weighted by molar-refractivity contribution is 5.96. The lowest BCUT2D eigenvalue weighted by atomic mass is 10.1. The quantitative estimate of drug-likeness (QED) is 0.794. The predicted octanol–water partition coefficient (Wildman–Crippen LogP) is 2.76. The maximum Gasteiger partial charge on any atom is 0.287 e. The normalized spacial score (nSPS) is 17.6. The molecule has 0 saturated carbocycles. The van der Waals surface area contributed by atoms with Gasteiger partial charge in [0.1, 0.15) is 11.4 Å². The second-order valence-corrected chi connectivity index (χ2v) is 6.10. The Labute approximate surface area is 143 Å². The van der Waals surface area contributed by atoms with Gasteiger partial charge in [-0.25, -0.2) is 14.4 Å². The lowest BCUT2D eigenvalue weighted by Crippen LogP contribution is -2.48. The molecule has 1 aromatic carbocycles. The lowest BCUT2D eigenvalue weighted by Gasteiger charge is -2.32. The molecule has 1 N–H and O–H groups in total. The van der Waals surface area contributed by atoms with Crippen molar-refractivity contribution in [2.24, 2.45) is 0 Å². The molecule has 0 aliphatic carbocycles. The molecule has 2 aromatic heterocycles. The molecule has 1 unspecified atom stereocenters. The molecular weight excluding hydrogens is 323 g/mol. The number of carbonyl (C=O) groups is 1. The molecule has 1 saturated heterocycles. The van der Waals surface area contributed by atoms with Crippen molar-refractivity contribution in [1.82, 2.24) is 15.3 Å². The van der Waals surface area contributed by atoms with Gasteiger partial charge in [-0.15, -0.1) is 0 Å². The number of piperidine rings is 1. The molecule has 0 spiro atoms. The molecule has 1 atom stereocenters. The zero-order chi connectivity index (χ0) is 17.2. The molecule has 1 amide bonds. The van der Waals surface area contributed by atoms with Crippen LogP contribution in [0.25, 0.3) is 11.0 Å². The highest BCUT2D eigenvalue weighted by atomic mass is 19.1. The first-order chi connectivity index (χ1) is 12.2. The van der Waals surface area contributed by atoms with Gasteiger partial charge in [0.05, 0.1) is 0 Å². The van der Waals surface area contributed by atoms with Gasteiger partial charge in [-0.2, -0.15) is 0 Å². The zero-order valence-corrected chi connectivity index (χ0v) is 13.5. The number of nitrogens with one attached hydrogen (secondary N) is 1. The summed E-state index contributed by atoms with van der Waals surface area (Å²) in [5.74, 6) is 0.206. The maximum atomic E-state index is 13.3. The minimum absolute atomic E-state index is 0.0185. The van der Waals surface area contributed by atoms with Gasteiger partial charge in [-0.05, 0) is 43.2 Å². The summed E-state index contributed by atoms with van der Waals surface area (Å²) in [6.45, 7) is 1.50. The van der Waals surface area contributed by atoms with E-state index >= 15 is 0 Å². The first-order valence-electron chi connectivity index (χ1n) is 8.21. The van der Waals surface area contributed by atoms with Gasteiger partial charge in [0.25, 0.3) is 5.91 Å². The van der Waals surface area contributed by atoms with Gasteiger partial charge < -0.3 is 14.6 Å². The predicted molar refractivity (Wildman–Crippen MR) is 90.9 cm³/mol. The van der Waals surface area contributed by atoms with Crippen molar-refractivity contribution in [3.63, 3.8) is 0 Å². The number of carbonyl (C=O) groups excluding carboxylic acids is 1. The summed E-state index contributed by atoms with van der Waals surface area (Å²) in [4.78, 5) is 23.0. The van der Waals surface area contributed by atoms with E-state index in [2.05, 4.69) is 20.2 Å². The molecule has 1 fully saturated rings. The van der Waals surface area contributed by atoms with Gasteiger partial charge in [-0.3, -0.25) is 4.79 Å². The van der Waals surface area contributed by atoms with Gasteiger partial charge in [-0.1, -0.05) is 0 Å². The Balaban J connectivity index is 1.46. The van der Waals surface area contributed by atoms with Crippen LogP contribution in [0.4, 0.5) is 10.3 Å². The monoisotopic (exact) mass is 340 g/mol. The number of halogens is 1. The molecule has 4 rings (SSSR count). The van der Waals surface area contributed by atoms with Gasteiger partial charge in [0, 0.05) is 36.9 Å². The van der Waals surface area contributed by atoms with Crippen LogP contribution >= 0.6 is 0 Å². The number of benzene rings is 1. The van der Waals surface area contributed by atoms with Crippen molar-refractivity contribution in [2.45, 2.75) is 18.9 Å². The Morgan fingerprint density at radius 1 is 1.28 bits per heavy atom. The number of amides is 1. The lowest BCUT2D eigenvalue weighted by molar-refractivity contribution is 0.0907. The molecule has 3 aromatic rings. The van der Waals surface area contributed by atoms with E-state index in [1.807, 2.05) is 0 Å². The largest absolute Gasteiger partial charge is 0.451 e. The summed E-state index contributed by atoms with van der Waals surface area (Å²) in [5.41, 5.74) is 0.495. The number of hydrogen-bond acceptors (Lipinski definition) is 5. The van der Waals surface area contributed by atoms with Crippen LogP contribution in [-0.4, -0.2) is 35.0 Å². The number of aromatic nitrogens is 2. The van der Waals surface area contributed by atoms with Crippen LogP contribution in [-0.2, 0) is 0 Å². The van der Waals surface area contributed by atoms with E-state index < -0.39 is 0 Å². The molecule has 128 valence electrons. The van der Waals surface area contributed by atoms with Crippen molar-refractivity contribution in [2.75, 3.05) is 18.0 Å². The first kappa shape index (κ1) is 15.6. The Bertz CT molecular complexity index is 896. The maximum absolute atomic E-state index is 13.3. The topological polar surface area (TPSA) is 71.3 Å². The van der Waals surface area contributed by atoms with Crippen molar-refractivity contribution in [3.05, 3.63) is 54.3 Å². The van der Waals surface area contributed by atoms with Crippen molar-refractivity contribution >= 4 is 22.8 Å². The van der Waals surface area contributed by atoms with Crippen LogP contribution in [0.3, 0.4) is 0 Å². The molecule has 0 radical (unpaired) electrons. The Morgan fingerprint density at radius 2 is 2.12 bits per heavy atom. The first-order valence-corrected chi connectivity index (χ1v) is 8.21. The number of hydrogen-bond donors (Lipinski definition) is 1. The van der Waals surface area contributed by atoms with E-state index in [-0.39, 0.29) is 23.5 Å². The molecule has 1 aliphatic heterocycles. The molecule has 3 heterocycles. The third kappa shape index (κ3) is 3.31. The minimum atomic E-state index is -0.356. The Hall–Kier alpha value is -2.96. The fourth-order valence-electron chi connectivity index (χ4n) is 3.11. The Kier molecular flexibility index (Phi) is 4.05. The van der Waals surface area contributed by atoms with E-state index in [9.17, 15) is 9.18 Å². The van der Waals surface area contributed by atoms with Crippen LogP contribution in [0.15, 0.2) is 47.1 Å². The summed E-state index contributed by atoms with van der Waals surface area (Å²) in [7, 11) is 0. The fraction of sp³-hybridized carbons (Fsp3) is 0.278. The van der Waals surface area contributed by atoms with E-state index in [0.717, 1.165) is 19.4 Å². The summed E-state index contributed by atoms with van der Waals surface area (Å²) >= 11 is 0. The number of nitrogens with zero attached hydrogens (tertiary/aromatic N) is 3.